The molecular weight excluding hydrogens is 400 g/mol. The summed E-state index contributed by atoms with van der Waals surface area (Å²) in [5.74, 6) is 1.71. The van der Waals surface area contributed by atoms with Crippen molar-refractivity contribution in [3.05, 3.63) is 35.4 Å². The minimum absolute atomic E-state index is 0.0268. The Labute approximate surface area is 182 Å². The second-order valence-corrected chi connectivity index (χ2v) is 10.2. The lowest BCUT2D eigenvalue weighted by molar-refractivity contribution is 0.243. The van der Waals surface area contributed by atoms with Crippen LogP contribution in [-0.4, -0.2) is 45.2 Å². The van der Waals surface area contributed by atoms with E-state index in [1.807, 2.05) is 45.0 Å². The lowest BCUT2D eigenvalue weighted by Gasteiger charge is -2.20. The highest BCUT2D eigenvalue weighted by Gasteiger charge is 2.13. The lowest BCUT2D eigenvalue weighted by Crippen LogP contribution is -2.40. The van der Waals surface area contributed by atoms with Crippen molar-refractivity contribution < 1.29 is 13.5 Å². The van der Waals surface area contributed by atoms with Gasteiger partial charge in [-0.25, -0.2) is 18.1 Å². The molecule has 0 aliphatic rings. The summed E-state index contributed by atoms with van der Waals surface area (Å²) in [6.07, 6.45) is 1.84. The maximum absolute atomic E-state index is 12.1. The molecule has 0 aromatic heterocycles. The van der Waals surface area contributed by atoms with Gasteiger partial charge in [-0.15, -0.1) is 0 Å². The zero-order valence-corrected chi connectivity index (χ0v) is 19.9. The molecule has 0 saturated carbocycles. The zero-order valence-electron chi connectivity index (χ0n) is 19.1. The van der Waals surface area contributed by atoms with E-state index < -0.39 is 10.0 Å². The number of sulfonamides is 1. The standard InChI is InChI=1S/C22H40N4O3S/c1-6-23-22(25-15-21(11-12-27)13-17(2)3)24-14-19-7-9-20(10-8-19)16-30(28,29)26-18(4)5/h7-10,17-18,21,26-27H,6,11-16H2,1-5H3,(H2,23,24,25). The Bertz CT molecular complexity index is 731. The van der Waals surface area contributed by atoms with Crippen molar-refractivity contribution in [2.75, 3.05) is 19.7 Å². The highest BCUT2D eigenvalue weighted by molar-refractivity contribution is 7.88. The fourth-order valence-electron chi connectivity index (χ4n) is 3.27. The Morgan fingerprint density at radius 2 is 1.70 bits per heavy atom. The predicted molar refractivity (Wildman–Crippen MR) is 125 cm³/mol. The molecule has 0 fully saturated rings. The normalized spacial score (nSPS) is 13.7. The van der Waals surface area contributed by atoms with Crippen LogP contribution >= 0.6 is 0 Å². The van der Waals surface area contributed by atoms with E-state index in [0.717, 1.165) is 43.0 Å². The van der Waals surface area contributed by atoms with E-state index in [1.54, 1.807) is 0 Å². The first-order valence-electron chi connectivity index (χ1n) is 10.9. The second kappa shape index (κ2) is 13.6. The van der Waals surface area contributed by atoms with Crippen LogP contribution in [0.4, 0.5) is 0 Å². The van der Waals surface area contributed by atoms with Gasteiger partial charge in [0, 0.05) is 25.7 Å². The smallest absolute Gasteiger partial charge is 0.216 e. The molecule has 1 rings (SSSR count). The van der Waals surface area contributed by atoms with Gasteiger partial charge in [-0.3, -0.25) is 0 Å². The summed E-state index contributed by atoms with van der Waals surface area (Å²) < 4.78 is 26.7. The summed E-state index contributed by atoms with van der Waals surface area (Å²) in [5, 5.41) is 15.9. The zero-order chi connectivity index (χ0) is 22.6. The van der Waals surface area contributed by atoms with Crippen molar-refractivity contribution in [2.24, 2.45) is 16.8 Å². The lowest BCUT2D eigenvalue weighted by atomic mass is 9.94. The number of benzene rings is 1. The maximum atomic E-state index is 12.1. The average molecular weight is 441 g/mol. The van der Waals surface area contributed by atoms with Crippen LogP contribution in [0.3, 0.4) is 0 Å². The number of nitrogens with one attached hydrogen (secondary N) is 3. The van der Waals surface area contributed by atoms with E-state index in [0.29, 0.717) is 18.4 Å². The summed E-state index contributed by atoms with van der Waals surface area (Å²) in [6, 6.07) is 7.40. The van der Waals surface area contributed by atoms with Crippen LogP contribution in [0.2, 0.25) is 0 Å². The fourth-order valence-corrected chi connectivity index (χ4v) is 4.70. The SMILES string of the molecule is CCNC(=NCc1ccc(CS(=O)(=O)NC(C)C)cc1)NCC(CCO)CC(C)C. The van der Waals surface area contributed by atoms with E-state index in [1.165, 1.54) is 0 Å². The number of aliphatic hydroxyl groups excluding tert-OH is 1. The van der Waals surface area contributed by atoms with E-state index in [2.05, 4.69) is 34.2 Å². The van der Waals surface area contributed by atoms with Gasteiger partial charge >= 0.3 is 0 Å². The third-order valence-corrected chi connectivity index (χ3v) is 6.00. The number of rotatable bonds is 13. The molecule has 1 atom stereocenters. The fraction of sp³-hybridized carbons (Fsp3) is 0.682. The number of guanidine groups is 1. The average Bonchev–Trinajstić information content (AvgIpc) is 2.63. The third kappa shape index (κ3) is 11.5. The molecular formula is C22H40N4O3S. The third-order valence-electron chi connectivity index (χ3n) is 4.46. The summed E-state index contributed by atoms with van der Waals surface area (Å²) in [4.78, 5) is 4.64. The molecule has 0 heterocycles. The molecule has 0 bridgehead atoms. The topological polar surface area (TPSA) is 103 Å². The van der Waals surface area contributed by atoms with Crippen LogP contribution < -0.4 is 15.4 Å². The van der Waals surface area contributed by atoms with Crippen LogP contribution in [-0.2, 0) is 22.3 Å². The molecule has 7 nitrogen and oxygen atoms in total. The molecule has 1 aromatic carbocycles. The van der Waals surface area contributed by atoms with E-state index in [-0.39, 0.29) is 18.4 Å². The molecule has 0 aliphatic carbocycles. The van der Waals surface area contributed by atoms with Crippen molar-refractivity contribution in [3.63, 3.8) is 0 Å². The number of aliphatic hydroxyl groups is 1. The first kappa shape index (κ1) is 26.4. The van der Waals surface area contributed by atoms with Gasteiger partial charge in [-0.1, -0.05) is 38.1 Å². The Balaban J connectivity index is 2.69. The number of hydrogen-bond donors (Lipinski definition) is 4. The molecule has 0 aliphatic heterocycles. The Hall–Kier alpha value is -1.64. The monoisotopic (exact) mass is 440 g/mol. The van der Waals surface area contributed by atoms with Crippen LogP contribution in [0.15, 0.2) is 29.3 Å². The van der Waals surface area contributed by atoms with E-state index >= 15 is 0 Å². The molecule has 0 amide bonds. The summed E-state index contributed by atoms with van der Waals surface area (Å²) in [6.45, 7) is 12.3. The quantitative estimate of drug-likeness (QED) is 0.279. The van der Waals surface area contributed by atoms with Crippen molar-refractivity contribution >= 4 is 16.0 Å². The summed E-state index contributed by atoms with van der Waals surface area (Å²) >= 11 is 0. The van der Waals surface area contributed by atoms with Gasteiger partial charge in [0.05, 0.1) is 12.3 Å². The van der Waals surface area contributed by atoms with Gasteiger partial charge in [0.15, 0.2) is 5.96 Å². The summed E-state index contributed by atoms with van der Waals surface area (Å²) in [7, 11) is -3.32. The molecule has 30 heavy (non-hydrogen) atoms. The number of hydrogen-bond acceptors (Lipinski definition) is 4. The number of aliphatic imine (C=N–C) groups is 1. The minimum atomic E-state index is -3.32. The Morgan fingerprint density at radius 1 is 1.07 bits per heavy atom. The van der Waals surface area contributed by atoms with Crippen molar-refractivity contribution in [3.8, 4) is 0 Å². The Morgan fingerprint density at radius 3 is 2.23 bits per heavy atom. The van der Waals surface area contributed by atoms with Gasteiger partial charge in [-0.2, -0.15) is 0 Å². The van der Waals surface area contributed by atoms with Gasteiger partial charge in [0.2, 0.25) is 10.0 Å². The molecule has 1 aromatic rings. The van der Waals surface area contributed by atoms with Crippen LogP contribution in [0.25, 0.3) is 0 Å². The highest BCUT2D eigenvalue weighted by atomic mass is 32.2. The number of nitrogens with zero attached hydrogens (tertiary/aromatic N) is 1. The van der Waals surface area contributed by atoms with Crippen LogP contribution in [0.1, 0.15) is 58.6 Å². The minimum Gasteiger partial charge on any atom is -0.396 e. The highest BCUT2D eigenvalue weighted by Crippen LogP contribution is 2.14. The molecule has 0 spiro atoms. The van der Waals surface area contributed by atoms with Gasteiger partial charge in [-0.05, 0) is 56.6 Å². The summed E-state index contributed by atoms with van der Waals surface area (Å²) in [5.41, 5.74) is 1.76. The molecule has 1 unspecified atom stereocenters. The van der Waals surface area contributed by atoms with Crippen molar-refractivity contribution in [1.82, 2.24) is 15.4 Å². The van der Waals surface area contributed by atoms with E-state index in [4.69, 9.17) is 0 Å². The molecule has 8 heteroatoms. The first-order chi connectivity index (χ1) is 14.1. The largest absolute Gasteiger partial charge is 0.396 e. The van der Waals surface area contributed by atoms with E-state index in [9.17, 15) is 13.5 Å². The van der Waals surface area contributed by atoms with Gasteiger partial charge < -0.3 is 15.7 Å². The molecule has 4 N–H and O–H groups in total. The molecule has 0 radical (unpaired) electrons. The van der Waals surface area contributed by atoms with Crippen LogP contribution in [0, 0.1) is 11.8 Å². The molecule has 0 saturated heterocycles. The predicted octanol–water partition coefficient (Wildman–Crippen LogP) is 2.61. The maximum Gasteiger partial charge on any atom is 0.216 e. The van der Waals surface area contributed by atoms with Gasteiger partial charge in [0.25, 0.3) is 0 Å². The first-order valence-corrected chi connectivity index (χ1v) is 12.5. The Kier molecular flexibility index (Phi) is 12.0. The second-order valence-electron chi connectivity index (χ2n) is 8.43. The van der Waals surface area contributed by atoms with Gasteiger partial charge in [0.1, 0.15) is 0 Å². The van der Waals surface area contributed by atoms with Crippen molar-refractivity contribution in [1.29, 1.82) is 0 Å². The van der Waals surface area contributed by atoms with Crippen molar-refractivity contribution in [2.45, 2.75) is 65.8 Å². The van der Waals surface area contributed by atoms with Crippen LogP contribution in [0.5, 0.6) is 0 Å². The molecule has 172 valence electrons.